The second-order valence-electron chi connectivity index (χ2n) is 3.73. The molecule has 1 atom stereocenters. The Labute approximate surface area is 84.8 Å². The summed E-state index contributed by atoms with van der Waals surface area (Å²) >= 11 is 0. The first-order valence-corrected chi connectivity index (χ1v) is 5.21. The predicted octanol–water partition coefficient (Wildman–Crippen LogP) is 0.962. The third kappa shape index (κ3) is 3.27. The van der Waals surface area contributed by atoms with Gasteiger partial charge in [-0.3, -0.25) is 9.69 Å². The minimum Gasteiger partial charge on any atom is -0.480 e. The number of rotatable bonds is 5. The maximum atomic E-state index is 11.0. The van der Waals surface area contributed by atoms with Crippen LogP contribution in [0.5, 0.6) is 0 Å². The molecular weight excluding hydrogens is 182 g/mol. The van der Waals surface area contributed by atoms with Gasteiger partial charge in [0.2, 0.25) is 0 Å². The third-order valence-electron chi connectivity index (χ3n) is 2.71. The van der Waals surface area contributed by atoms with Crippen LogP contribution in [0.4, 0.5) is 0 Å². The Morgan fingerprint density at radius 2 is 2.07 bits per heavy atom. The van der Waals surface area contributed by atoms with Gasteiger partial charge in [-0.05, 0) is 32.4 Å². The van der Waals surface area contributed by atoms with E-state index in [9.17, 15) is 4.79 Å². The SMILES string of the molecule is COCCC(C(=O)O)N1CCCCC1. The number of likely N-dealkylation sites (tertiary alicyclic amines) is 1. The summed E-state index contributed by atoms with van der Waals surface area (Å²) < 4.78 is 4.92. The highest BCUT2D eigenvalue weighted by molar-refractivity contribution is 5.73. The van der Waals surface area contributed by atoms with Crippen LogP contribution in [-0.4, -0.2) is 48.8 Å². The lowest BCUT2D eigenvalue weighted by atomic mass is 10.1. The zero-order valence-electron chi connectivity index (χ0n) is 8.74. The highest BCUT2D eigenvalue weighted by Gasteiger charge is 2.25. The van der Waals surface area contributed by atoms with Gasteiger partial charge >= 0.3 is 5.97 Å². The molecule has 1 N–H and O–H groups in total. The van der Waals surface area contributed by atoms with Crippen molar-refractivity contribution in [3.8, 4) is 0 Å². The van der Waals surface area contributed by atoms with Crippen LogP contribution in [0, 0.1) is 0 Å². The van der Waals surface area contributed by atoms with Crippen molar-refractivity contribution < 1.29 is 14.6 Å². The summed E-state index contributed by atoms with van der Waals surface area (Å²) in [6.07, 6.45) is 4.06. The molecule has 1 saturated heterocycles. The van der Waals surface area contributed by atoms with Gasteiger partial charge in [0.15, 0.2) is 0 Å². The van der Waals surface area contributed by atoms with Crippen molar-refractivity contribution in [1.82, 2.24) is 4.90 Å². The Bertz CT molecular complexity index is 178. The van der Waals surface area contributed by atoms with E-state index in [0.29, 0.717) is 13.0 Å². The summed E-state index contributed by atoms with van der Waals surface area (Å²) in [6, 6.07) is -0.352. The second kappa shape index (κ2) is 5.98. The van der Waals surface area contributed by atoms with Crippen LogP contribution in [-0.2, 0) is 9.53 Å². The molecule has 1 rings (SSSR count). The molecule has 0 aromatic carbocycles. The standard InChI is InChI=1S/C10H19NO3/c1-14-8-5-9(10(12)13)11-6-3-2-4-7-11/h9H,2-8H2,1H3,(H,12,13). The number of carbonyl (C=O) groups is 1. The number of carboxylic acids is 1. The van der Waals surface area contributed by atoms with E-state index in [-0.39, 0.29) is 6.04 Å². The number of hydrogen-bond acceptors (Lipinski definition) is 3. The fraction of sp³-hybridized carbons (Fsp3) is 0.900. The first-order chi connectivity index (χ1) is 6.75. The monoisotopic (exact) mass is 201 g/mol. The largest absolute Gasteiger partial charge is 0.480 e. The van der Waals surface area contributed by atoms with Crippen LogP contribution in [0.2, 0.25) is 0 Å². The lowest BCUT2D eigenvalue weighted by Gasteiger charge is -2.31. The van der Waals surface area contributed by atoms with E-state index >= 15 is 0 Å². The molecular formula is C10H19NO3. The van der Waals surface area contributed by atoms with E-state index in [1.165, 1.54) is 6.42 Å². The molecule has 1 aliphatic rings. The molecule has 4 nitrogen and oxygen atoms in total. The average Bonchev–Trinajstić information content (AvgIpc) is 2.19. The number of piperidine rings is 1. The average molecular weight is 201 g/mol. The van der Waals surface area contributed by atoms with Gasteiger partial charge in [-0.25, -0.2) is 0 Å². The number of aliphatic carboxylic acids is 1. The number of methoxy groups -OCH3 is 1. The molecule has 0 aromatic rings. The van der Waals surface area contributed by atoms with Gasteiger partial charge in [0.25, 0.3) is 0 Å². The van der Waals surface area contributed by atoms with Crippen LogP contribution in [0.15, 0.2) is 0 Å². The molecule has 82 valence electrons. The Balaban J connectivity index is 2.43. The van der Waals surface area contributed by atoms with Crippen molar-refractivity contribution >= 4 is 5.97 Å². The highest BCUT2D eigenvalue weighted by atomic mass is 16.5. The van der Waals surface area contributed by atoms with Gasteiger partial charge in [0, 0.05) is 13.7 Å². The zero-order valence-corrected chi connectivity index (χ0v) is 8.74. The third-order valence-corrected chi connectivity index (χ3v) is 2.71. The summed E-state index contributed by atoms with van der Waals surface area (Å²) in [5, 5.41) is 9.05. The molecule has 1 aliphatic heterocycles. The van der Waals surface area contributed by atoms with E-state index < -0.39 is 5.97 Å². The van der Waals surface area contributed by atoms with Gasteiger partial charge in [0.1, 0.15) is 6.04 Å². The summed E-state index contributed by atoms with van der Waals surface area (Å²) in [4.78, 5) is 13.1. The number of nitrogens with zero attached hydrogens (tertiary/aromatic N) is 1. The molecule has 4 heteroatoms. The molecule has 14 heavy (non-hydrogen) atoms. The van der Waals surface area contributed by atoms with Crippen molar-refractivity contribution in [3.05, 3.63) is 0 Å². The molecule has 0 radical (unpaired) electrons. The van der Waals surface area contributed by atoms with Crippen LogP contribution >= 0.6 is 0 Å². The molecule has 1 heterocycles. The lowest BCUT2D eigenvalue weighted by molar-refractivity contribution is -0.144. The molecule has 0 aliphatic carbocycles. The maximum absolute atomic E-state index is 11.0. The molecule has 0 spiro atoms. The van der Waals surface area contributed by atoms with Gasteiger partial charge in [-0.15, -0.1) is 0 Å². The molecule has 0 saturated carbocycles. The van der Waals surface area contributed by atoms with Crippen molar-refractivity contribution in [1.29, 1.82) is 0 Å². The van der Waals surface area contributed by atoms with E-state index in [0.717, 1.165) is 25.9 Å². The molecule has 0 amide bonds. The molecule has 0 aromatic heterocycles. The number of ether oxygens (including phenoxy) is 1. The maximum Gasteiger partial charge on any atom is 0.321 e. The Morgan fingerprint density at radius 3 is 2.57 bits per heavy atom. The van der Waals surface area contributed by atoms with Crippen molar-refractivity contribution in [2.45, 2.75) is 31.7 Å². The molecule has 0 bridgehead atoms. The summed E-state index contributed by atoms with van der Waals surface area (Å²) in [5.41, 5.74) is 0. The minimum atomic E-state index is -0.719. The van der Waals surface area contributed by atoms with Gasteiger partial charge in [-0.2, -0.15) is 0 Å². The van der Waals surface area contributed by atoms with E-state index in [1.807, 2.05) is 0 Å². The van der Waals surface area contributed by atoms with Crippen molar-refractivity contribution in [2.75, 3.05) is 26.8 Å². The van der Waals surface area contributed by atoms with Gasteiger partial charge < -0.3 is 9.84 Å². The smallest absolute Gasteiger partial charge is 0.321 e. The van der Waals surface area contributed by atoms with Crippen LogP contribution in [0.1, 0.15) is 25.7 Å². The minimum absolute atomic E-state index is 0.352. The van der Waals surface area contributed by atoms with Crippen LogP contribution in [0.25, 0.3) is 0 Å². The topological polar surface area (TPSA) is 49.8 Å². The summed E-state index contributed by atoms with van der Waals surface area (Å²) in [6.45, 7) is 2.36. The summed E-state index contributed by atoms with van der Waals surface area (Å²) in [7, 11) is 1.61. The Morgan fingerprint density at radius 1 is 1.43 bits per heavy atom. The Hall–Kier alpha value is -0.610. The fourth-order valence-electron chi connectivity index (χ4n) is 1.92. The summed E-state index contributed by atoms with van der Waals surface area (Å²) in [5.74, 6) is -0.719. The Kier molecular flexibility index (Phi) is 4.90. The number of hydrogen-bond donors (Lipinski definition) is 1. The normalized spacial score (nSPS) is 20.6. The second-order valence-corrected chi connectivity index (χ2v) is 3.73. The van der Waals surface area contributed by atoms with Crippen molar-refractivity contribution in [2.24, 2.45) is 0 Å². The van der Waals surface area contributed by atoms with Crippen LogP contribution in [0.3, 0.4) is 0 Å². The predicted molar refractivity (Wildman–Crippen MR) is 53.3 cm³/mol. The van der Waals surface area contributed by atoms with Crippen molar-refractivity contribution in [3.63, 3.8) is 0 Å². The number of carboxylic acid groups (broad SMARTS) is 1. The van der Waals surface area contributed by atoms with E-state index in [4.69, 9.17) is 9.84 Å². The van der Waals surface area contributed by atoms with Crippen LogP contribution < -0.4 is 0 Å². The molecule has 1 fully saturated rings. The van der Waals surface area contributed by atoms with Gasteiger partial charge in [-0.1, -0.05) is 6.42 Å². The quantitative estimate of drug-likeness (QED) is 0.720. The zero-order chi connectivity index (χ0) is 10.4. The first-order valence-electron chi connectivity index (χ1n) is 5.21. The fourth-order valence-corrected chi connectivity index (χ4v) is 1.92. The van der Waals surface area contributed by atoms with E-state index in [2.05, 4.69) is 4.90 Å². The lowest BCUT2D eigenvalue weighted by Crippen LogP contribution is -2.44. The molecule has 1 unspecified atom stereocenters. The first kappa shape index (κ1) is 11.5. The van der Waals surface area contributed by atoms with Gasteiger partial charge in [0.05, 0.1) is 0 Å². The highest BCUT2D eigenvalue weighted by Crippen LogP contribution is 2.14. The van der Waals surface area contributed by atoms with E-state index in [1.54, 1.807) is 7.11 Å².